The molecule has 0 amide bonds. The number of rotatable bonds is 1. The molecule has 1 atom stereocenters. The van der Waals surface area contributed by atoms with Crippen LogP contribution in [0.3, 0.4) is 0 Å². The van der Waals surface area contributed by atoms with E-state index < -0.39 is 0 Å². The Morgan fingerprint density at radius 2 is 2.23 bits per heavy atom. The number of carbonyl (C=O) groups is 1. The fourth-order valence-corrected chi connectivity index (χ4v) is 2.29. The second kappa shape index (κ2) is 3.62. The molecule has 0 radical (unpaired) electrons. The van der Waals surface area contributed by atoms with Crippen LogP contribution in [0.25, 0.3) is 0 Å². The topological polar surface area (TPSA) is 20.3 Å². The SMILES string of the molecule is CN1CCC[C@H]1/C=C1\CCCC1=O. The van der Waals surface area contributed by atoms with Gasteiger partial charge in [-0.25, -0.2) is 0 Å². The number of Topliss-reactive ketones (excluding diaryl/α,β-unsaturated/α-hetero) is 1. The first-order valence-corrected chi connectivity index (χ1v) is 5.21. The van der Waals surface area contributed by atoms with E-state index >= 15 is 0 Å². The van der Waals surface area contributed by atoms with E-state index in [1.165, 1.54) is 19.4 Å². The van der Waals surface area contributed by atoms with Crippen LogP contribution in [0.5, 0.6) is 0 Å². The van der Waals surface area contributed by atoms with Crippen molar-refractivity contribution >= 4 is 5.78 Å². The van der Waals surface area contributed by atoms with Crippen molar-refractivity contribution in [1.82, 2.24) is 4.90 Å². The third-order valence-corrected chi connectivity index (χ3v) is 3.18. The monoisotopic (exact) mass is 179 g/mol. The Morgan fingerprint density at radius 3 is 2.77 bits per heavy atom. The zero-order chi connectivity index (χ0) is 9.26. The summed E-state index contributed by atoms with van der Waals surface area (Å²) in [6.07, 6.45) is 7.58. The summed E-state index contributed by atoms with van der Waals surface area (Å²) in [6.45, 7) is 1.18. The number of likely N-dealkylation sites (N-methyl/N-ethyl adjacent to an activating group) is 1. The number of allylic oxidation sites excluding steroid dienone is 1. The Labute approximate surface area is 79.6 Å². The molecule has 1 heterocycles. The van der Waals surface area contributed by atoms with Crippen LogP contribution in [0, 0.1) is 0 Å². The van der Waals surface area contributed by atoms with Gasteiger partial charge in [-0.05, 0) is 44.8 Å². The lowest BCUT2D eigenvalue weighted by Gasteiger charge is -2.15. The zero-order valence-corrected chi connectivity index (χ0v) is 8.25. The molecule has 0 N–H and O–H groups in total. The number of carbonyl (C=O) groups excluding carboxylic acids is 1. The number of ketones is 1. The van der Waals surface area contributed by atoms with Crippen LogP contribution in [0.4, 0.5) is 0 Å². The van der Waals surface area contributed by atoms with Crippen LogP contribution in [0.2, 0.25) is 0 Å². The maximum atomic E-state index is 11.4. The van der Waals surface area contributed by atoms with Crippen molar-refractivity contribution in [2.75, 3.05) is 13.6 Å². The zero-order valence-electron chi connectivity index (χ0n) is 8.25. The summed E-state index contributed by atoms with van der Waals surface area (Å²) < 4.78 is 0. The molecular formula is C11H17NO. The molecule has 0 aromatic rings. The van der Waals surface area contributed by atoms with Crippen LogP contribution in [0.15, 0.2) is 11.6 Å². The van der Waals surface area contributed by atoms with Crippen molar-refractivity contribution in [2.45, 2.75) is 38.1 Å². The Hall–Kier alpha value is -0.630. The van der Waals surface area contributed by atoms with E-state index in [1.54, 1.807) is 0 Å². The first kappa shape index (κ1) is 8.95. The van der Waals surface area contributed by atoms with Crippen molar-refractivity contribution in [2.24, 2.45) is 0 Å². The molecule has 2 rings (SSSR count). The Kier molecular flexibility index (Phi) is 2.49. The predicted octanol–water partition coefficient (Wildman–Crippen LogP) is 1.76. The molecule has 1 saturated heterocycles. The maximum Gasteiger partial charge on any atom is 0.158 e. The molecule has 2 fully saturated rings. The third kappa shape index (κ3) is 1.83. The first-order valence-electron chi connectivity index (χ1n) is 5.21. The highest BCUT2D eigenvalue weighted by Crippen LogP contribution is 2.24. The molecule has 0 bridgehead atoms. The van der Waals surface area contributed by atoms with Crippen LogP contribution >= 0.6 is 0 Å². The minimum Gasteiger partial charge on any atom is -0.300 e. The van der Waals surface area contributed by atoms with Gasteiger partial charge >= 0.3 is 0 Å². The van der Waals surface area contributed by atoms with Gasteiger partial charge in [-0.15, -0.1) is 0 Å². The Balaban J connectivity index is 2.05. The van der Waals surface area contributed by atoms with Crippen molar-refractivity contribution in [3.63, 3.8) is 0 Å². The van der Waals surface area contributed by atoms with Gasteiger partial charge in [0.2, 0.25) is 0 Å². The summed E-state index contributed by atoms with van der Waals surface area (Å²) in [5, 5.41) is 0. The van der Waals surface area contributed by atoms with Gasteiger partial charge in [-0.3, -0.25) is 9.69 Å². The molecule has 2 aliphatic rings. The van der Waals surface area contributed by atoms with E-state index in [4.69, 9.17) is 0 Å². The van der Waals surface area contributed by atoms with E-state index in [0.29, 0.717) is 11.8 Å². The minimum absolute atomic E-state index is 0.389. The van der Waals surface area contributed by atoms with Gasteiger partial charge < -0.3 is 0 Å². The second-order valence-corrected chi connectivity index (χ2v) is 4.16. The standard InChI is InChI=1S/C11H17NO/c1-12-7-3-5-10(12)8-9-4-2-6-11(9)13/h8,10H,2-7H2,1H3/b9-8+/t10-/m0/s1. The molecule has 0 unspecified atom stereocenters. The van der Waals surface area contributed by atoms with Gasteiger partial charge in [0.05, 0.1) is 0 Å². The number of nitrogens with zero attached hydrogens (tertiary/aromatic N) is 1. The normalized spacial score (nSPS) is 33.5. The van der Waals surface area contributed by atoms with Gasteiger partial charge in [0.15, 0.2) is 5.78 Å². The predicted molar refractivity (Wildman–Crippen MR) is 52.6 cm³/mol. The highest BCUT2D eigenvalue weighted by Gasteiger charge is 2.23. The molecular weight excluding hydrogens is 162 g/mol. The van der Waals surface area contributed by atoms with Gasteiger partial charge in [-0.1, -0.05) is 6.08 Å². The van der Waals surface area contributed by atoms with Gasteiger partial charge in [0, 0.05) is 12.5 Å². The lowest BCUT2D eigenvalue weighted by Crippen LogP contribution is -2.23. The average Bonchev–Trinajstić information content (AvgIpc) is 2.65. The van der Waals surface area contributed by atoms with Gasteiger partial charge in [0.25, 0.3) is 0 Å². The van der Waals surface area contributed by atoms with E-state index in [0.717, 1.165) is 24.8 Å². The van der Waals surface area contributed by atoms with Crippen LogP contribution in [-0.2, 0) is 4.79 Å². The summed E-state index contributed by atoms with van der Waals surface area (Å²) >= 11 is 0. The lowest BCUT2D eigenvalue weighted by molar-refractivity contribution is -0.114. The highest BCUT2D eigenvalue weighted by molar-refractivity contribution is 5.97. The summed E-state index contributed by atoms with van der Waals surface area (Å²) in [5.74, 6) is 0.389. The lowest BCUT2D eigenvalue weighted by atomic mass is 10.1. The van der Waals surface area contributed by atoms with Crippen molar-refractivity contribution in [3.05, 3.63) is 11.6 Å². The third-order valence-electron chi connectivity index (χ3n) is 3.18. The average molecular weight is 179 g/mol. The van der Waals surface area contributed by atoms with Crippen LogP contribution in [0.1, 0.15) is 32.1 Å². The van der Waals surface area contributed by atoms with E-state index in [-0.39, 0.29) is 0 Å². The summed E-state index contributed by atoms with van der Waals surface area (Å²) in [4.78, 5) is 13.7. The molecule has 2 heteroatoms. The summed E-state index contributed by atoms with van der Waals surface area (Å²) in [7, 11) is 2.15. The minimum atomic E-state index is 0.389. The van der Waals surface area contributed by atoms with Gasteiger partial charge in [0.1, 0.15) is 0 Å². The summed E-state index contributed by atoms with van der Waals surface area (Å²) in [6, 6.07) is 0.539. The largest absolute Gasteiger partial charge is 0.300 e. The van der Waals surface area contributed by atoms with E-state index in [9.17, 15) is 4.79 Å². The number of likely N-dealkylation sites (tertiary alicyclic amines) is 1. The molecule has 0 spiro atoms. The van der Waals surface area contributed by atoms with Crippen LogP contribution < -0.4 is 0 Å². The molecule has 1 aliphatic carbocycles. The maximum absolute atomic E-state index is 11.4. The molecule has 0 aromatic heterocycles. The molecule has 2 nitrogen and oxygen atoms in total. The Morgan fingerprint density at radius 1 is 1.38 bits per heavy atom. The van der Waals surface area contributed by atoms with E-state index in [2.05, 4.69) is 18.0 Å². The smallest absolute Gasteiger partial charge is 0.158 e. The second-order valence-electron chi connectivity index (χ2n) is 4.16. The molecule has 1 saturated carbocycles. The number of hydrogen-bond acceptors (Lipinski definition) is 2. The Bertz CT molecular complexity index is 244. The molecule has 13 heavy (non-hydrogen) atoms. The quantitative estimate of drug-likeness (QED) is 0.572. The molecule has 72 valence electrons. The molecule has 1 aliphatic heterocycles. The van der Waals surface area contributed by atoms with Crippen molar-refractivity contribution in [3.8, 4) is 0 Å². The molecule has 0 aromatic carbocycles. The van der Waals surface area contributed by atoms with Crippen LogP contribution in [-0.4, -0.2) is 30.3 Å². The van der Waals surface area contributed by atoms with E-state index in [1.807, 2.05) is 0 Å². The number of hydrogen-bond donors (Lipinski definition) is 0. The summed E-state index contributed by atoms with van der Waals surface area (Å²) in [5.41, 5.74) is 1.10. The van der Waals surface area contributed by atoms with Crippen molar-refractivity contribution in [1.29, 1.82) is 0 Å². The fourth-order valence-electron chi connectivity index (χ4n) is 2.29. The van der Waals surface area contributed by atoms with Crippen molar-refractivity contribution < 1.29 is 4.79 Å². The highest BCUT2D eigenvalue weighted by atomic mass is 16.1. The fraction of sp³-hybridized carbons (Fsp3) is 0.727. The van der Waals surface area contributed by atoms with Gasteiger partial charge in [-0.2, -0.15) is 0 Å². The first-order chi connectivity index (χ1) is 6.27.